The van der Waals surface area contributed by atoms with E-state index in [1.807, 2.05) is 7.05 Å². The molecular formula is C13H20N2OS. The number of urea groups is 1. The Morgan fingerprint density at radius 3 is 2.82 bits per heavy atom. The maximum Gasteiger partial charge on any atom is 0.317 e. The lowest BCUT2D eigenvalue weighted by Gasteiger charge is -2.20. The van der Waals surface area contributed by atoms with Crippen LogP contribution in [0.5, 0.6) is 0 Å². The molecule has 0 spiro atoms. The Morgan fingerprint density at radius 2 is 2.24 bits per heavy atom. The van der Waals surface area contributed by atoms with Crippen LogP contribution >= 0.6 is 11.3 Å². The molecule has 3 nitrogen and oxygen atoms in total. The van der Waals surface area contributed by atoms with Crippen LogP contribution in [0.2, 0.25) is 0 Å². The molecule has 4 heteroatoms. The lowest BCUT2D eigenvalue weighted by atomic mass is 10.2. The first-order valence-corrected chi connectivity index (χ1v) is 7.09. The third-order valence-electron chi connectivity index (χ3n) is 3.38. The second kappa shape index (κ2) is 5.54. The molecule has 0 radical (unpaired) electrons. The van der Waals surface area contributed by atoms with Crippen molar-refractivity contribution in [3.05, 3.63) is 21.9 Å². The van der Waals surface area contributed by atoms with Crippen LogP contribution in [0.25, 0.3) is 0 Å². The largest absolute Gasteiger partial charge is 0.335 e. The quantitative estimate of drug-likeness (QED) is 0.880. The monoisotopic (exact) mass is 252 g/mol. The summed E-state index contributed by atoms with van der Waals surface area (Å²) in [6.07, 6.45) is 4.77. The minimum absolute atomic E-state index is 0.0599. The molecule has 17 heavy (non-hydrogen) atoms. The molecule has 2 amide bonds. The normalized spacial score (nSPS) is 16.1. The lowest BCUT2D eigenvalue weighted by Crippen LogP contribution is -2.41. The van der Waals surface area contributed by atoms with Gasteiger partial charge in [-0.1, -0.05) is 12.8 Å². The number of carbonyl (C=O) groups is 1. The number of nitrogens with one attached hydrogen (secondary N) is 1. The van der Waals surface area contributed by atoms with Gasteiger partial charge in [-0.2, -0.15) is 0 Å². The van der Waals surface area contributed by atoms with E-state index in [-0.39, 0.29) is 6.03 Å². The summed E-state index contributed by atoms with van der Waals surface area (Å²) in [4.78, 5) is 15.0. The molecule has 1 aliphatic carbocycles. The number of nitrogens with zero attached hydrogens (tertiary/aromatic N) is 1. The zero-order chi connectivity index (χ0) is 12.3. The van der Waals surface area contributed by atoms with Gasteiger partial charge in [0, 0.05) is 18.0 Å². The van der Waals surface area contributed by atoms with Crippen molar-refractivity contribution in [2.24, 2.45) is 0 Å². The highest BCUT2D eigenvalue weighted by Gasteiger charge is 2.19. The van der Waals surface area contributed by atoms with Crippen molar-refractivity contribution in [2.75, 3.05) is 7.05 Å². The zero-order valence-electron chi connectivity index (χ0n) is 10.5. The van der Waals surface area contributed by atoms with E-state index in [2.05, 4.69) is 23.7 Å². The van der Waals surface area contributed by atoms with Crippen LogP contribution in [0.1, 0.15) is 36.1 Å². The Morgan fingerprint density at radius 1 is 1.53 bits per heavy atom. The van der Waals surface area contributed by atoms with Crippen molar-refractivity contribution in [2.45, 2.75) is 45.2 Å². The smallest absolute Gasteiger partial charge is 0.317 e. The van der Waals surface area contributed by atoms with E-state index in [1.165, 1.54) is 23.3 Å². The molecule has 1 aliphatic rings. The van der Waals surface area contributed by atoms with Crippen molar-refractivity contribution in [1.82, 2.24) is 10.2 Å². The summed E-state index contributed by atoms with van der Waals surface area (Å²) in [6.45, 7) is 2.80. The van der Waals surface area contributed by atoms with Crippen LogP contribution in [0.4, 0.5) is 4.79 Å². The maximum atomic E-state index is 12.0. The third kappa shape index (κ3) is 3.22. The van der Waals surface area contributed by atoms with E-state index in [9.17, 15) is 4.79 Å². The lowest BCUT2D eigenvalue weighted by molar-refractivity contribution is 0.203. The molecule has 1 heterocycles. The van der Waals surface area contributed by atoms with Gasteiger partial charge in [0.2, 0.25) is 0 Å². The molecule has 1 aromatic rings. The second-order valence-electron chi connectivity index (χ2n) is 4.81. The highest BCUT2D eigenvalue weighted by molar-refractivity contribution is 7.10. The topological polar surface area (TPSA) is 32.3 Å². The van der Waals surface area contributed by atoms with Gasteiger partial charge in [0.1, 0.15) is 0 Å². The van der Waals surface area contributed by atoms with Crippen molar-refractivity contribution < 1.29 is 4.79 Å². The first-order valence-electron chi connectivity index (χ1n) is 6.21. The summed E-state index contributed by atoms with van der Waals surface area (Å²) in [5.74, 6) is 0. The fourth-order valence-corrected chi connectivity index (χ4v) is 3.17. The number of hydrogen-bond donors (Lipinski definition) is 1. The second-order valence-corrected chi connectivity index (χ2v) is 5.81. The van der Waals surface area contributed by atoms with Crippen LogP contribution in [0.3, 0.4) is 0 Å². The first-order chi connectivity index (χ1) is 8.16. The highest BCUT2D eigenvalue weighted by atomic mass is 32.1. The van der Waals surface area contributed by atoms with Gasteiger partial charge >= 0.3 is 6.03 Å². The molecule has 1 fully saturated rings. The summed E-state index contributed by atoms with van der Waals surface area (Å²) in [5.41, 5.74) is 1.27. The molecule has 0 unspecified atom stereocenters. The standard InChI is InChI=1S/C13H20N2OS/c1-10-7-8-17-12(10)9-15(2)13(16)14-11-5-3-4-6-11/h7-8,11H,3-6,9H2,1-2H3,(H,14,16). The van der Waals surface area contributed by atoms with E-state index in [4.69, 9.17) is 0 Å². The molecule has 0 aliphatic heterocycles. The van der Waals surface area contributed by atoms with Crippen molar-refractivity contribution in [3.8, 4) is 0 Å². The van der Waals surface area contributed by atoms with Crippen LogP contribution in [0.15, 0.2) is 11.4 Å². The predicted octanol–water partition coefficient (Wildman–Crippen LogP) is 3.14. The molecular weight excluding hydrogens is 232 g/mol. The molecule has 1 aromatic heterocycles. The van der Waals surface area contributed by atoms with E-state index in [0.717, 1.165) is 12.8 Å². The molecule has 0 aromatic carbocycles. The SMILES string of the molecule is Cc1ccsc1CN(C)C(=O)NC1CCCC1. The summed E-state index contributed by atoms with van der Waals surface area (Å²) in [6, 6.07) is 2.56. The van der Waals surface area contributed by atoms with Crippen molar-refractivity contribution in [3.63, 3.8) is 0 Å². The average Bonchev–Trinajstić information content (AvgIpc) is 2.91. The molecule has 0 saturated heterocycles. The van der Waals surface area contributed by atoms with E-state index < -0.39 is 0 Å². The minimum atomic E-state index is 0.0599. The zero-order valence-corrected chi connectivity index (χ0v) is 11.3. The van der Waals surface area contributed by atoms with Crippen LogP contribution in [-0.2, 0) is 6.54 Å². The van der Waals surface area contributed by atoms with Crippen molar-refractivity contribution in [1.29, 1.82) is 0 Å². The van der Waals surface area contributed by atoms with Crippen LogP contribution in [0, 0.1) is 6.92 Å². The highest BCUT2D eigenvalue weighted by Crippen LogP contribution is 2.19. The number of thiophene rings is 1. The number of rotatable bonds is 3. The van der Waals surface area contributed by atoms with Gasteiger partial charge in [0.15, 0.2) is 0 Å². The third-order valence-corrected chi connectivity index (χ3v) is 4.39. The molecule has 94 valence electrons. The maximum absolute atomic E-state index is 12.0. The number of aryl methyl sites for hydroxylation is 1. The van der Waals surface area contributed by atoms with Gasteiger partial charge in [-0.15, -0.1) is 11.3 Å². The molecule has 1 N–H and O–H groups in total. The van der Waals surface area contributed by atoms with E-state index in [0.29, 0.717) is 12.6 Å². The van der Waals surface area contributed by atoms with Gasteiger partial charge in [0.05, 0.1) is 6.54 Å². The summed E-state index contributed by atoms with van der Waals surface area (Å²) < 4.78 is 0. The minimum Gasteiger partial charge on any atom is -0.335 e. The molecule has 2 rings (SSSR count). The number of carbonyl (C=O) groups excluding carboxylic acids is 1. The Labute approximate surface area is 107 Å². The summed E-state index contributed by atoms with van der Waals surface area (Å²) in [5, 5.41) is 5.18. The Balaban J connectivity index is 1.84. The number of hydrogen-bond acceptors (Lipinski definition) is 2. The van der Waals surface area contributed by atoms with Gasteiger partial charge < -0.3 is 10.2 Å². The summed E-state index contributed by atoms with van der Waals surface area (Å²) >= 11 is 1.72. The summed E-state index contributed by atoms with van der Waals surface area (Å²) in [7, 11) is 1.86. The van der Waals surface area contributed by atoms with E-state index in [1.54, 1.807) is 16.2 Å². The Bertz CT molecular complexity index is 383. The van der Waals surface area contributed by atoms with E-state index >= 15 is 0 Å². The predicted molar refractivity (Wildman–Crippen MR) is 71.3 cm³/mol. The molecule has 0 bridgehead atoms. The first kappa shape index (κ1) is 12.4. The molecule has 0 atom stereocenters. The van der Waals surface area contributed by atoms with Crippen molar-refractivity contribution >= 4 is 17.4 Å². The average molecular weight is 252 g/mol. The van der Waals surface area contributed by atoms with Gasteiger partial charge in [-0.3, -0.25) is 0 Å². The van der Waals surface area contributed by atoms with Gasteiger partial charge in [-0.05, 0) is 36.8 Å². The number of amides is 2. The van der Waals surface area contributed by atoms with Gasteiger partial charge in [-0.25, -0.2) is 4.79 Å². The Kier molecular flexibility index (Phi) is 4.05. The Hall–Kier alpha value is -1.03. The molecule has 1 saturated carbocycles. The van der Waals surface area contributed by atoms with Crippen LogP contribution < -0.4 is 5.32 Å². The van der Waals surface area contributed by atoms with Gasteiger partial charge in [0.25, 0.3) is 0 Å². The fraction of sp³-hybridized carbons (Fsp3) is 0.615. The fourth-order valence-electron chi connectivity index (χ4n) is 2.21. The van der Waals surface area contributed by atoms with Crippen LogP contribution in [-0.4, -0.2) is 24.0 Å².